The third-order valence-electron chi connectivity index (χ3n) is 1.26. The van der Waals surface area contributed by atoms with Crippen LogP contribution in [-0.2, 0) is 4.57 Å². The van der Waals surface area contributed by atoms with Crippen LogP contribution in [0, 0.1) is 13.8 Å². The summed E-state index contributed by atoms with van der Waals surface area (Å²) in [5.41, 5.74) is 1.54. The van der Waals surface area contributed by atoms with Gasteiger partial charge in [-0.15, -0.1) is 0 Å². The van der Waals surface area contributed by atoms with Gasteiger partial charge in [0.05, 0.1) is 0 Å². The average molecular weight is 187 g/mol. The Morgan fingerprint density at radius 1 is 1.42 bits per heavy atom. The van der Waals surface area contributed by atoms with Gasteiger partial charge in [-0.3, -0.25) is 4.98 Å². The molecule has 1 N–H and O–H groups in total. The highest BCUT2D eigenvalue weighted by Crippen LogP contribution is 2.23. The number of pyridine rings is 1. The summed E-state index contributed by atoms with van der Waals surface area (Å²) in [5, 5.41) is 0. The van der Waals surface area contributed by atoms with Crippen LogP contribution in [0.25, 0.3) is 0 Å². The van der Waals surface area contributed by atoms with Gasteiger partial charge in [0.15, 0.2) is 0 Å². The summed E-state index contributed by atoms with van der Waals surface area (Å²) < 4.78 is 15.0. The zero-order chi connectivity index (χ0) is 9.14. The van der Waals surface area contributed by atoms with Crippen LogP contribution in [0.15, 0.2) is 12.1 Å². The lowest BCUT2D eigenvalue weighted by Crippen LogP contribution is -1.88. The molecule has 0 aliphatic heterocycles. The highest BCUT2D eigenvalue weighted by Gasteiger charge is 1.99. The van der Waals surface area contributed by atoms with Crippen LogP contribution >= 0.6 is 8.25 Å². The van der Waals surface area contributed by atoms with E-state index in [1.54, 1.807) is 26.0 Å². The minimum absolute atomic E-state index is 0.395. The molecule has 66 valence electrons. The summed E-state index contributed by atoms with van der Waals surface area (Å²) in [5.74, 6) is 0.395. The lowest BCUT2D eigenvalue weighted by atomic mass is 10.3. The summed E-state index contributed by atoms with van der Waals surface area (Å²) in [6.07, 6.45) is 0. The van der Waals surface area contributed by atoms with E-state index in [2.05, 4.69) is 9.51 Å². The molecule has 5 heteroatoms. The number of hydrogen-bond acceptors (Lipinski definition) is 3. The van der Waals surface area contributed by atoms with E-state index in [4.69, 9.17) is 4.89 Å². The fraction of sp³-hybridized carbons (Fsp3) is 0.286. The molecule has 1 unspecified atom stereocenters. The molecule has 4 nitrogen and oxygen atoms in total. The van der Waals surface area contributed by atoms with Crippen molar-refractivity contribution in [2.45, 2.75) is 13.8 Å². The molecule has 0 saturated carbocycles. The second kappa shape index (κ2) is 3.70. The first-order valence-corrected chi connectivity index (χ1v) is 4.70. The topological polar surface area (TPSA) is 59.4 Å². The van der Waals surface area contributed by atoms with E-state index in [9.17, 15) is 4.57 Å². The zero-order valence-corrected chi connectivity index (χ0v) is 7.87. The first-order chi connectivity index (χ1) is 5.58. The lowest BCUT2D eigenvalue weighted by Gasteiger charge is -2.03. The highest BCUT2D eigenvalue weighted by molar-refractivity contribution is 7.32. The monoisotopic (exact) mass is 187 g/mol. The molecule has 1 rings (SSSR count). The van der Waals surface area contributed by atoms with Crippen molar-refractivity contribution >= 4 is 8.25 Å². The third kappa shape index (κ3) is 2.64. The largest absolute Gasteiger partial charge is 0.426 e. The van der Waals surface area contributed by atoms with Gasteiger partial charge in [0, 0.05) is 23.5 Å². The number of nitrogens with zero attached hydrogens (tertiary/aromatic N) is 1. The predicted octanol–water partition coefficient (Wildman–Crippen LogP) is 1.46. The molecule has 0 fully saturated rings. The SMILES string of the molecule is Cc1cc(O[PH](=O)O)cc(C)n1. The molecule has 0 radical (unpaired) electrons. The van der Waals surface area contributed by atoms with Crippen molar-refractivity contribution in [3.05, 3.63) is 23.5 Å². The maximum Gasteiger partial charge on any atom is 0.365 e. The molecule has 0 amide bonds. The molecule has 0 spiro atoms. The number of rotatable bonds is 2. The van der Waals surface area contributed by atoms with Crippen LogP contribution in [0.1, 0.15) is 11.4 Å². The Balaban J connectivity index is 2.93. The minimum atomic E-state index is -2.90. The van der Waals surface area contributed by atoms with Crippen LogP contribution in [0.2, 0.25) is 0 Å². The Bertz CT molecular complexity index is 293. The normalized spacial score (nSPS) is 12.6. The first-order valence-electron chi connectivity index (χ1n) is 3.44. The quantitative estimate of drug-likeness (QED) is 0.712. The maximum absolute atomic E-state index is 10.3. The van der Waals surface area contributed by atoms with Gasteiger partial charge >= 0.3 is 8.25 Å². The molecule has 0 aromatic carbocycles. The second-order valence-electron chi connectivity index (χ2n) is 2.45. The van der Waals surface area contributed by atoms with E-state index in [1.807, 2.05) is 0 Å². The van der Waals surface area contributed by atoms with E-state index in [1.165, 1.54) is 0 Å². The zero-order valence-electron chi connectivity index (χ0n) is 6.87. The first kappa shape index (κ1) is 9.23. The van der Waals surface area contributed by atoms with Gasteiger partial charge in [0.25, 0.3) is 0 Å². The molecule has 1 aromatic rings. The number of hydrogen-bond donors (Lipinski definition) is 1. The summed E-state index contributed by atoms with van der Waals surface area (Å²) in [4.78, 5) is 12.6. The van der Waals surface area contributed by atoms with E-state index >= 15 is 0 Å². The van der Waals surface area contributed by atoms with Crippen LogP contribution in [-0.4, -0.2) is 9.88 Å². The summed E-state index contributed by atoms with van der Waals surface area (Å²) in [7, 11) is -2.90. The highest BCUT2D eigenvalue weighted by atomic mass is 31.1. The molecule has 0 aliphatic rings. The fourth-order valence-electron chi connectivity index (χ4n) is 0.956. The third-order valence-corrected chi connectivity index (χ3v) is 1.67. The van der Waals surface area contributed by atoms with Gasteiger partial charge in [0.2, 0.25) is 0 Å². The van der Waals surface area contributed by atoms with Gasteiger partial charge in [-0.05, 0) is 13.8 Å². The van der Waals surface area contributed by atoms with E-state index in [0.29, 0.717) is 5.75 Å². The van der Waals surface area contributed by atoms with Crippen LogP contribution < -0.4 is 4.52 Å². The van der Waals surface area contributed by atoms with Crippen molar-refractivity contribution < 1.29 is 14.0 Å². The van der Waals surface area contributed by atoms with Crippen LogP contribution in [0.3, 0.4) is 0 Å². The molecule has 1 heterocycles. The Morgan fingerprint density at radius 2 is 1.92 bits per heavy atom. The standard InChI is InChI=1S/C7H10NO3P/c1-5-3-7(11-12(9)10)4-6(2)8-5/h3-4,12H,1-2H3,(H,9,10). The van der Waals surface area contributed by atoms with Crippen molar-refractivity contribution in [2.75, 3.05) is 0 Å². The van der Waals surface area contributed by atoms with Crippen LogP contribution in [0.4, 0.5) is 0 Å². The van der Waals surface area contributed by atoms with Gasteiger partial charge in [-0.2, -0.15) is 0 Å². The molecule has 0 saturated heterocycles. The van der Waals surface area contributed by atoms with Crippen molar-refractivity contribution in [3.8, 4) is 5.75 Å². The Morgan fingerprint density at radius 3 is 2.33 bits per heavy atom. The molecule has 0 bridgehead atoms. The minimum Gasteiger partial charge on any atom is -0.426 e. The summed E-state index contributed by atoms with van der Waals surface area (Å²) in [6.45, 7) is 3.60. The molecule has 1 atom stereocenters. The van der Waals surface area contributed by atoms with E-state index in [0.717, 1.165) is 11.4 Å². The molecular formula is C7H10NO3P. The summed E-state index contributed by atoms with van der Waals surface area (Å²) in [6, 6.07) is 3.23. The summed E-state index contributed by atoms with van der Waals surface area (Å²) >= 11 is 0. The molecule has 1 aromatic heterocycles. The lowest BCUT2D eigenvalue weighted by molar-refractivity contribution is 0.410. The smallest absolute Gasteiger partial charge is 0.365 e. The van der Waals surface area contributed by atoms with Gasteiger partial charge in [0.1, 0.15) is 5.75 Å². The fourth-order valence-corrected chi connectivity index (χ4v) is 1.28. The van der Waals surface area contributed by atoms with Crippen molar-refractivity contribution in [2.24, 2.45) is 0 Å². The van der Waals surface area contributed by atoms with Gasteiger partial charge < -0.3 is 9.42 Å². The Hall–Kier alpha value is -0.860. The van der Waals surface area contributed by atoms with Crippen molar-refractivity contribution in [1.29, 1.82) is 0 Å². The van der Waals surface area contributed by atoms with Crippen molar-refractivity contribution in [3.63, 3.8) is 0 Å². The number of aromatic nitrogens is 1. The van der Waals surface area contributed by atoms with E-state index < -0.39 is 8.25 Å². The van der Waals surface area contributed by atoms with Crippen LogP contribution in [0.5, 0.6) is 5.75 Å². The van der Waals surface area contributed by atoms with Gasteiger partial charge in [-0.25, -0.2) is 4.57 Å². The Labute approximate surface area is 71.2 Å². The average Bonchev–Trinajstić information content (AvgIpc) is 1.81. The van der Waals surface area contributed by atoms with Crippen molar-refractivity contribution in [1.82, 2.24) is 4.98 Å². The molecule has 12 heavy (non-hydrogen) atoms. The van der Waals surface area contributed by atoms with Gasteiger partial charge in [-0.1, -0.05) is 0 Å². The molecule has 0 aliphatic carbocycles. The van der Waals surface area contributed by atoms with E-state index in [-0.39, 0.29) is 0 Å². The second-order valence-corrected chi connectivity index (χ2v) is 3.19. The molecular weight excluding hydrogens is 177 g/mol. The number of aryl methyl sites for hydroxylation is 2. The predicted molar refractivity (Wildman–Crippen MR) is 45.6 cm³/mol. The maximum atomic E-state index is 10.3. The Kier molecular flexibility index (Phi) is 2.84.